The molecule has 0 aromatic rings. The molecule has 0 aliphatic heterocycles. The molecule has 1 saturated carbocycles. The van der Waals surface area contributed by atoms with Crippen LogP contribution in [-0.2, 0) is 4.79 Å². The van der Waals surface area contributed by atoms with Gasteiger partial charge in [-0.05, 0) is 30.6 Å². The first-order valence-electron chi connectivity index (χ1n) is 5.08. The minimum atomic E-state index is -0.268. The van der Waals surface area contributed by atoms with Gasteiger partial charge in [-0.1, -0.05) is 27.7 Å². The number of rotatable bonds is 1. The zero-order valence-electron chi connectivity index (χ0n) is 9.18. The molecule has 1 rings (SSSR count). The smallest absolute Gasteiger partial charge is 0.223 e. The molecule has 1 aliphatic rings. The maximum atomic E-state index is 11.3. The molecule has 1 amide bonds. The van der Waals surface area contributed by atoms with Crippen LogP contribution in [-0.4, -0.2) is 5.91 Å². The van der Waals surface area contributed by atoms with Gasteiger partial charge in [0, 0.05) is 5.41 Å². The molecule has 76 valence electrons. The molecule has 0 saturated heterocycles. The van der Waals surface area contributed by atoms with Crippen LogP contribution in [0.4, 0.5) is 0 Å². The van der Waals surface area contributed by atoms with E-state index in [2.05, 4.69) is 20.8 Å². The van der Waals surface area contributed by atoms with Gasteiger partial charge < -0.3 is 5.73 Å². The largest absolute Gasteiger partial charge is 0.369 e. The predicted octanol–water partition coefficient (Wildman–Crippen LogP) is 2.32. The predicted molar refractivity (Wildman–Crippen MR) is 54.1 cm³/mol. The van der Waals surface area contributed by atoms with Crippen LogP contribution in [0.3, 0.4) is 0 Å². The van der Waals surface area contributed by atoms with Crippen molar-refractivity contribution in [3.63, 3.8) is 0 Å². The second kappa shape index (κ2) is 3.00. The quantitative estimate of drug-likeness (QED) is 0.666. The fourth-order valence-corrected chi connectivity index (χ4v) is 2.37. The van der Waals surface area contributed by atoms with E-state index in [4.69, 9.17) is 5.73 Å². The van der Waals surface area contributed by atoms with Crippen LogP contribution in [0.1, 0.15) is 47.0 Å². The van der Waals surface area contributed by atoms with Gasteiger partial charge in [-0.15, -0.1) is 0 Å². The monoisotopic (exact) mass is 183 g/mol. The molecule has 2 atom stereocenters. The molecule has 0 radical (unpaired) electrons. The van der Waals surface area contributed by atoms with Crippen molar-refractivity contribution >= 4 is 5.91 Å². The van der Waals surface area contributed by atoms with Crippen molar-refractivity contribution in [3.05, 3.63) is 0 Å². The fraction of sp³-hybridized carbons (Fsp3) is 0.909. The lowest BCUT2D eigenvalue weighted by atomic mass is 9.60. The Morgan fingerprint density at radius 3 is 2.23 bits per heavy atom. The van der Waals surface area contributed by atoms with Gasteiger partial charge >= 0.3 is 0 Å². The molecule has 0 spiro atoms. The highest BCUT2D eigenvalue weighted by atomic mass is 16.1. The number of amides is 1. The maximum absolute atomic E-state index is 11.3. The molecular formula is C11H21NO. The van der Waals surface area contributed by atoms with Crippen LogP contribution in [0, 0.1) is 16.7 Å². The third-order valence-electron chi connectivity index (χ3n) is 3.83. The normalized spacial score (nSPS) is 38.6. The Balaban J connectivity index is 2.79. The van der Waals surface area contributed by atoms with Crippen LogP contribution in [0.2, 0.25) is 0 Å². The van der Waals surface area contributed by atoms with Gasteiger partial charge in [-0.25, -0.2) is 0 Å². The van der Waals surface area contributed by atoms with Gasteiger partial charge in [0.2, 0.25) is 5.91 Å². The van der Waals surface area contributed by atoms with Crippen molar-refractivity contribution in [1.29, 1.82) is 0 Å². The standard InChI is InChI=1S/C11H21NO/c1-8-7-10(2,3)5-6-11(8,4)9(12)13/h8H,5-7H2,1-4H3,(H2,12,13). The Labute approximate surface area is 80.9 Å². The molecule has 2 nitrogen and oxygen atoms in total. The molecule has 0 heterocycles. The van der Waals surface area contributed by atoms with Crippen molar-refractivity contribution in [2.24, 2.45) is 22.5 Å². The topological polar surface area (TPSA) is 43.1 Å². The van der Waals surface area contributed by atoms with Gasteiger partial charge in [0.1, 0.15) is 0 Å². The molecular weight excluding hydrogens is 162 g/mol. The van der Waals surface area contributed by atoms with Gasteiger partial charge in [-0.3, -0.25) is 4.79 Å². The van der Waals surface area contributed by atoms with Crippen LogP contribution in [0.25, 0.3) is 0 Å². The number of carbonyl (C=O) groups excluding carboxylic acids is 1. The zero-order valence-corrected chi connectivity index (χ0v) is 9.18. The Hall–Kier alpha value is -0.530. The number of nitrogens with two attached hydrogens (primary N) is 1. The van der Waals surface area contributed by atoms with E-state index in [9.17, 15) is 4.79 Å². The Morgan fingerprint density at radius 2 is 1.85 bits per heavy atom. The summed E-state index contributed by atoms with van der Waals surface area (Å²) in [7, 11) is 0. The number of hydrogen-bond donors (Lipinski definition) is 1. The number of primary amides is 1. The number of carbonyl (C=O) groups is 1. The van der Waals surface area contributed by atoms with E-state index < -0.39 is 0 Å². The molecule has 0 aromatic heterocycles. The highest BCUT2D eigenvalue weighted by Gasteiger charge is 2.44. The summed E-state index contributed by atoms with van der Waals surface area (Å²) in [6, 6.07) is 0. The average molecular weight is 183 g/mol. The maximum Gasteiger partial charge on any atom is 0.223 e. The summed E-state index contributed by atoms with van der Waals surface area (Å²) in [5, 5.41) is 0. The van der Waals surface area contributed by atoms with Crippen LogP contribution >= 0.6 is 0 Å². The lowest BCUT2D eigenvalue weighted by Crippen LogP contribution is -2.45. The Kier molecular flexibility index (Phi) is 2.44. The summed E-state index contributed by atoms with van der Waals surface area (Å²) >= 11 is 0. The molecule has 1 fully saturated rings. The highest BCUT2D eigenvalue weighted by molar-refractivity contribution is 5.80. The molecule has 2 heteroatoms. The summed E-state index contributed by atoms with van der Waals surface area (Å²) in [4.78, 5) is 11.3. The first-order valence-corrected chi connectivity index (χ1v) is 5.08. The molecule has 1 aliphatic carbocycles. The Bertz CT molecular complexity index is 222. The minimum absolute atomic E-state index is 0.129. The molecule has 2 unspecified atom stereocenters. The fourth-order valence-electron chi connectivity index (χ4n) is 2.37. The molecule has 0 bridgehead atoms. The van der Waals surface area contributed by atoms with E-state index in [1.54, 1.807) is 0 Å². The van der Waals surface area contributed by atoms with Gasteiger partial charge in [0.25, 0.3) is 0 Å². The lowest BCUT2D eigenvalue weighted by molar-refractivity contribution is -0.133. The van der Waals surface area contributed by atoms with E-state index in [-0.39, 0.29) is 11.3 Å². The zero-order chi connectivity index (χ0) is 10.3. The van der Waals surface area contributed by atoms with Crippen molar-refractivity contribution in [1.82, 2.24) is 0 Å². The molecule has 2 N–H and O–H groups in total. The minimum Gasteiger partial charge on any atom is -0.369 e. The van der Waals surface area contributed by atoms with E-state index in [0.29, 0.717) is 11.3 Å². The molecule has 13 heavy (non-hydrogen) atoms. The third-order valence-corrected chi connectivity index (χ3v) is 3.83. The van der Waals surface area contributed by atoms with Crippen LogP contribution in [0.15, 0.2) is 0 Å². The summed E-state index contributed by atoms with van der Waals surface area (Å²) in [6.45, 7) is 8.69. The van der Waals surface area contributed by atoms with E-state index in [1.165, 1.54) is 0 Å². The SMILES string of the molecule is CC1CC(C)(C)CCC1(C)C(N)=O. The van der Waals surface area contributed by atoms with Crippen LogP contribution in [0.5, 0.6) is 0 Å². The third kappa shape index (κ3) is 1.87. The van der Waals surface area contributed by atoms with E-state index in [1.807, 2.05) is 6.92 Å². The first-order chi connectivity index (χ1) is 5.78. The van der Waals surface area contributed by atoms with E-state index in [0.717, 1.165) is 19.3 Å². The van der Waals surface area contributed by atoms with E-state index >= 15 is 0 Å². The van der Waals surface area contributed by atoms with Gasteiger partial charge in [0.05, 0.1) is 0 Å². The first kappa shape index (κ1) is 10.6. The summed E-state index contributed by atoms with van der Waals surface area (Å²) in [5.74, 6) is 0.282. The highest BCUT2D eigenvalue weighted by Crippen LogP contribution is 2.48. The molecule has 0 aromatic carbocycles. The average Bonchev–Trinajstić information content (AvgIpc) is 1.96. The second-order valence-electron chi connectivity index (χ2n) is 5.55. The summed E-state index contributed by atoms with van der Waals surface area (Å²) < 4.78 is 0. The summed E-state index contributed by atoms with van der Waals surface area (Å²) in [6.07, 6.45) is 3.15. The number of hydrogen-bond acceptors (Lipinski definition) is 1. The van der Waals surface area contributed by atoms with Crippen molar-refractivity contribution in [3.8, 4) is 0 Å². The van der Waals surface area contributed by atoms with Crippen molar-refractivity contribution < 1.29 is 4.79 Å². The Morgan fingerprint density at radius 1 is 1.31 bits per heavy atom. The van der Waals surface area contributed by atoms with Gasteiger partial charge in [-0.2, -0.15) is 0 Å². The van der Waals surface area contributed by atoms with Crippen molar-refractivity contribution in [2.75, 3.05) is 0 Å². The van der Waals surface area contributed by atoms with Crippen LogP contribution < -0.4 is 5.73 Å². The second-order valence-corrected chi connectivity index (χ2v) is 5.55. The summed E-state index contributed by atoms with van der Waals surface area (Å²) in [5.41, 5.74) is 5.56. The lowest BCUT2D eigenvalue weighted by Gasteiger charge is -2.44. The van der Waals surface area contributed by atoms with Gasteiger partial charge in [0.15, 0.2) is 0 Å². The van der Waals surface area contributed by atoms with Crippen molar-refractivity contribution in [2.45, 2.75) is 47.0 Å².